The molecule has 1 aliphatic rings. The number of hydrogen-bond donors (Lipinski definition) is 0. The van der Waals surface area contributed by atoms with E-state index in [1.807, 2.05) is 110 Å². The van der Waals surface area contributed by atoms with Gasteiger partial charge in [-0.2, -0.15) is 10.1 Å². The number of para-hydroxylation sites is 1. The van der Waals surface area contributed by atoms with Gasteiger partial charge in [-0.05, 0) is 59.2 Å². The van der Waals surface area contributed by atoms with Gasteiger partial charge in [-0.25, -0.2) is 0 Å². The van der Waals surface area contributed by atoms with Crippen LogP contribution in [0.1, 0.15) is 23.6 Å². The van der Waals surface area contributed by atoms with E-state index in [9.17, 15) is 4.79 Å². The van der Waals surface area contributed by atoms with Crippen molar-refractivity contribution in [3.63, 3.8) is 0 Å². The predicted octanol–water partition coefficient (Wildman–Crippen LogP) is 7.65. The van der Waals surface area contributed by atoms with Crippen LogP contribution in [0.5, 0.6) is 11.5 Å². The van der Waals surface area contributed by atoms with Gasteiger partial charge in [0.25, 0.3) is 5.91 Å². The fourth-order valence-electron chi connectivity index (χ4n) is 4.84. The third-order valence-electron chi connectivity index (χ3n) is 6.77. The molecule has 40 heavy (non-hydrogen) atoms. The first-order chi connectivity index (χ1) is 19.7. The van der Waals surface area contributed by atoms with Gasteiger partial charge in [0.2, 0.25) is 0 Å². The minimum absolute atomic E-state index is 0.181. The highest BCUT2D eigenvalue weighted by atomic mass is 16.5. The SMILES string of the molecule is CCOc1cc(/C=C2\C(=O)N(c3ccccc3)N=C2c2ccccc2)ccc1OCc1cccc2ccccc12. The molecule has 0 fully saturated rings. The molecule has 0 radical (unpaired) electrons. The zero-order valence-electron chi connectivity index (χ0n) is 22.2. The highest BCUT2D eigenvalue weighted by molar-refractivity contribution is 6.37. The maximum Gasteiger partial charge on any atom is 0.281 e. The molecule has 5 aromatic carbocycles. The van der Waals surface area contributed by atoms with Gasteiger partial charge in [0.1, 0.15) is 12.3 Å². The van der Waals surface area contributed by atoms with E-state index in [0.29, 0.717) is 36.0 Å². The summed E-state index contributed by atoms with van der Waals surface area (Å²) in [6.45, 7) is 2.84. The van der Waals surface area contributed by atoms with Crippen LogP contribution >= 0.6 is 0 Å². The first-order valence-corrected chi connectivity index (χ1v) is 13.3. The van der Waals surface area contributed by atoms with E-state index in [2.05, 4.69) is 24.3 Å². The summed E-state index contributed by atoms with van der Waals surface area (Å²) < 4.78 is 12.2. The molecule has 1 amide bonds. The summed E-state index contributed by atoms with van der Waals surface area (Å²) in [5.74, 6) is 1.09. The number of fused-ring (bicyclic) bond motifs is 1. The minimum atomic E-state index is -0.181. The Bertz CT molecular complexity index is 1720. The highest BCUT2D eigenvalue weighted by Crippen LogP contribution is 2.33. The van der Waals surface area contributed by atoms with Crippen LogP contribution in [0, 0.1) is 0 Å². The Labute approximate surface area is 233 Å². The van der Waals surface area contributed by atoms with E-state index >= 15 is 0 Å². The van der Waals surface area contributed by atoms with Crippen LogP contribution in [0.3, 0.4) is 0 Å². The molecule has 0 aromatic heterocycles. The molecule has 0 spiro atoms. The number of carbonyl (C=O) groups is 1. The van der Waals surface area contributed by atoms with Gasteiger partial charge < -0.3 is 9.47 Å². The average Bonchev–Trinajstić information content (AvgIpc) is 3.33. The Hall–Kier alpha value is -5.16. The number of hydrogen-bond acceptors (Lipinski definition) is 4. The van der Waals surface area contributed by atoms with Crippen LogP contribution in [0.4, 0.5) is 5.69 Å². The standard InChI is InChI=1S/C35H28N2O3/c1-2-39-33-23-25(20-21-32(33)40-24-28-16-11-15-26-12-9-10-19-30(26)28)22-31-34(27-13-5-3-6-14-27)36-37(35(31)38)29-17-7-4-8-18-29/h3-23H,2,24H2,1H3/b31-22-. The number of rotatable bonds is 8. The van der Waals surface area contributed by atoms with Crippen molar-refractivity contribution in [3.05, 3.63) is 144 Å². The molecule has 5 heteroatoms. The van der Waals surface area contributed by atoms with Gasteiger partial charge in [-0.3, -0.25) is 4.79 Å². The van der Waals surface area contributed by atoms with Crippen molar-refractivity contribution in [1.82, 2.24) is 0 Å². The Morgan fingerprint density at radius 3 is 2.27 bits per heavy atom. The van der Waals surface area contributed by atoms with Crippen molar-refractivity contribution in [3.8, 4) is 11.5 Å². The molecule has 0 N–H and O–H groups in total. The molecule has 0 atom stereocenters. The summed E-state index contributed by atoms with van der Waals surface area (Å²) in [5, 5.41) is 8.53. The Balaban J connectivity index is 1.33. The van der Waals surface area contributed by atoms with Crippen LogP contribution in [0.25, 0.3) is 16.8 Å². The number of amides is 1. The third kappa shape index (κ3) is 5.09. The molecule has 1 heterocycles. The van der Waals surface area contributed by atoms with E-state index in [-0.39, 0.29) is 5.91 Å². The van der Waals surface area contributed by atoms with Crippen LogP contribution in [0.15, 0.2) is 132 Å². The molecule has 0 bridgehead atoms. The largest absolute Gasteiger partial charge is 0.490 e. The van der Waals surface area contributed by atoms with Gasteiger partial charge >= 0.3 is 0 Å². The second-order valence-corrected chi connectivity index (χ2v) is 9.39. The number of carbonyl (C=O) groups excluding carboxylic acids is 1. The number of hydrazone groups is 1. The Morgan fingerprint density at radius 1 is 0.750 bits per heavy atom. The summed E-state index contributed by atoms with van der Waals surface area (Å²) >= 11 is 0. The van der Waals surface area contributed by atoms with Crippen LogP contribution in [-0.2, 0) is 11.4 Å². The minimum Gasteiger partial charge on any atom is -0.490 e. The van der Waals surface area contributed by atoms with Crippen LogP contribution < -0.4 is 14.5 Å². The lowest BCUT2D eigenvalue weighted by molar-refractivity contribution is -0.114. The predicted molar refractivity (Wildman–Crippen MR) is 161 cm³/mol. The van der Waals surface area contributed by atoms with E-state index in [0.717, 1.165) is 22.4 Å². The van der Waals surface area contributed by atoms with Crippen LogP contribution in [-0.4, -0.2) is 18.2 Å². The first kappa shape index (κ1) is 25.1. The molecule has 1 aliphatic heterocycles. The molecule has 0 saturated heterocycles. The molecule has 0 unspecified atom stereocenters. The molecule has 5 aromatic rings. The highest BCUT2D eigenvalue weighted by Gasteiger charge is 2.32. The fourth-order valence-corrected chi connectivity index (χ4v) is 4.84. The number of benzene rings is 5. The zero-order chi connectivity index (χ0) is 27.3. The monoisotopic (exact) mass is 524 g/mol. The van der Waals surface area contributed by atoms with Crippen molar-refractivity contribution in [1.29, 1.82) is 0 Å². The van der Waals surface area contributed by atoms with Crippen molar-refractivity contribution < 1.29 is 14.3 Å². The lowest BCUT2D eigenvalue weighted by Gasteiger charge is -2.14. The lowest BCUT2D eigenvalue weighted by atomic mass is 10.00. The summed E-state index contributed by atoms with van der Waals surface area (Å²) in [6.07, 6.45) is 1.87. The molecular formula is C35H28N2O3. The number of nitrogens with zero attached hydrogens (tertiary/aromatic N) is 2. The molecule has 196 valence electrons. The molecular weight excluding hydrogens is 496 g/mol. The van der Waals surface area contributed by atoms with Crippen LogP contribution in [0.2, 0.25) is 0 Å². The molecule has 0 saturated carbocycles. The molecule has 6 rings (SSSR count). The summed E-state index contributed by atoms with van der Waals surface area (Å²) in [5.41, 5.74) is 4.67. The smallest absolute Gasteiger partial charge is 0.281 e. The summed E-state index contributed by atoms with van der Waals surface area (Å²) in [7, 11) is 0. The van der Waals surface area contributed by atoms with Crippen molar-refractivity contribution >= 4 is 34.2 Å². The lowest BCUT2D eigenvalue weighted by Crippen LogP contribution is -2.21. The van der Waals surface area contributed by atoms with E-state index < -0.39 is 0 Å². The quantitative estimate of drug-likeness (QED) is 0.196. The topological polar surface area (TPSA) is 51.1 Å². The van der Waals surface area contributed by atoms with Gasteiger partial charge in [0, 0.05) is 5.56 Å². The van der Waals surface area contributed by atoms with Crippen molar-refractivity contribution in [2.45, 2.75) is 13.5 Å². The summed E-state index contributed by atoms with van der Waals surface area (Å²) in [6, 6.07) is 39.5. The first-order valence-electron chi connectivity index (χ1n) is 13.3. The van der Waals surface area contributed by atoms with Gasteiger partial charge in [0.15, 0.2) is 11.5 Å². The third-order valence-corrected chi connectivity index (χ3v) is 6.77. The maximum absolute atomic E-state index is 13.6. The number of anilines is 1. The second-order valence-electron chi connectivity index (χ2n) is 9.39. The van der Waals surface area contributed by atoms with Gasteiger partial charge in [0.05, 0.1) is 17.9 Å². The van der Waals surface area contributed by atoms with Crippen molar-refractivity contribution in [2.24, 2.45) is 5.10 Å². The van der Waals surface area contributed by atoms with E-state index in [1.165, 1.54) is 15.8 Å². The molecule has 0 aliphatic carbocycles. The van der Waals surface area contributed by atoms with E-state index in [4.69, 9.17) is 14.6 Å². The normalized spacial score (nSPS) is 14.0. The Morgan fingerprint density at radius 2 is 1.48 bits per heavy atom. The van der Waals surface area contributed by atoms with Crippen molar-refractivity contribution in [2.75, 3.05) is 11.6 Å². The summed E-state index contributed by atoms with van der Waals surface area (Å²) in [4.78, 5) is 13.6. The number of ether oxygens (including phenoxy) is 2. The van der Waals surface area contributed by atoms with E-state index in [1.54, 1.807) is 0 Å². The second kappa shape index (κ2) is 11.3. The van der Waals surface area contributed by atoms with Gasteiger partial charge in [-0.1, -0.05) is 97.1 Å². The zero-order valence-corrected chi connectivity index (χ0v) is 22.2. The maximum atomic E-state index is 13.6. The fraction of sp³-hybridized carbons (Fsp3) is 0.0857. The average molecular weight is 525 g/mol. The molecule has 5 nitrogen and oxygen atoms in total. The Kier molecular flexibility index (Phi) is 7.10. The van der Waals surface area contributed by atoms with Gasteiger partial charge in [-0.15, -0.1) is 0 Å².